The average molecular weight is 521 g/mol. The van der Waals surface area contributed by atoms with Gasteiger partial charge in [0.2, 0.25) is 0 Å². The Hall–Kier alpha value is -2.26. The number of allylic oxidation sites excluding steroid dienone is 4. The van der Waals surface area contributed by atoms with E-state index in [1.54, 1.807) is 12.1 Å². The van der Waals surface area contributed by atoms with Gasteiger partial charge in [-0.25, -0.2) is 0 Å². The number of hydrogen-bond donors (Lipinski definition) is 0. The number of halogens is 2. The molecule has 0 unspecified atom stereocenters. The van der Waals surface area contributed by atoms with Crippen molar-refractivity contribution in [2.24, 2.45) is 11.8 Å². The molecular weight excluding hydrogens is 474 g/mol. The lowest BCUT2D eigenvalue weighted by Gasteiger charge is -2.28. The summed E-state index contributed by atoms with van der Waals surface area (Å²) in [6.07, 6.45) is 18.3. The Balaban J connectivity index is 1.21. The first-order valence-corrected chi connectivity index (χ1v) is 14.9. The van der Waals surface area contributed by atoms with E-state index < -0.39 is 6.11 Å². The smallest absolute Gasteiger partial charge is 0.316 e. The minimum Gasteiger partial charge on any atom is -0.316 e. The molecule has 0 amide bonds. The molecule has 2 aliphatic carbocycles. The van der Waals surface area contributed by atoms with E-state index in [0.29, 0.717) is 24.2 Å². The molecule has 0 radical (unpaired) electrons. The molecule has 0 aromatic heterocycles. The maximum absolute atomic E-state index is 14.8. The second-order valence-corrected chi connectivity index (χ2v) is 11.5. The van der Waals surface area contributed by atoms with Gasteiger partial charge < -0.3 is 4.74 Å². The maximum Gasteiger partial charge on any atom is 0.383 e. The van der Waals surface area contributed by atoms with Gasteiger partial charge in [-0.3, -0.25) is 0 Å². The molecule has 1 nitrogen and oxygen atoms in total. The van der Waals surface area contributed by atoms with Gasteiger partial charge >= 0.3 is 6.11 Å². The predicted molar refractivity (Wildman–Crippen MR) is 155 cm³/mol. The van der Waals surface area contributed by atoms with Gasteiger partial charge in [-0.05, 0) is 125 Å². The van der Waals surface area contributed by atoms with E-state index >= 15 is 0 Å². The highest BCUT2D eigenvalue weighted by atomic mass is 19.3. The van der Waals surface area contributed by atoms with E-state index in [2.05, 4.69) is 62.4 Å². The topological polar surface area (TPSA) is 9.23 Å². The largest absolute Gasteiger partial charge is 0.383 e. The molecule has 2 aromatic rings. The highest BCUT2D eigenvalue weighted by Gasteiger charge is 2.33. The molecule has 0 spiro atoms. The van der Waals surface area contributed by atoms with Crippen molar-refractivity contribution in [2.75, 3.05) is 6.61 Å². The SMILES string of the molecule is C/C=C/CC[C@H]1CC[C@H](c2ccc(CCOC(F)(F)c3ccc([C@H]4CC[C@H](/C=C/C)CC4)cc3)cc2)CC1. The molecule has 4 rings (SSSR count). The van der Waals surface area contributed by atoms with Crippen molar-refractivity contribution in [3.05, 3.63) is 95.1 Å². The quantitative estimate of drug-likeness (QED) is 0.268. The van der Waals surface area contributed by atoms with E-state index in [9.17, 15) is 8.78 Å². The van der Waals surface area contributed by atoms with Gasteiger partial charge in [-0.2, -0.15) is 8.78 Å². The number of benzene rings is 2. The minimum atomic E-state index is -3.27. The molecule has 0 heterocycles. The summed E-state index contributed by atoms with van der Waals surface area (Å²) in [5.74, 6) is 2.64. The van der Waals surface area contributed by atoms with Crippen LogP contribution in [0.25, 0.3) is 0 Å². The summed E-state index contributed by atoms with van der Waals surface area (Å²) in [5.41, 5.74) is 3.56. The first-order chi connectivity index (χ1) is 18.5. The molecule has 38 heavy (non-hydrogen) atoms. The van der Waals surface area contributed by atoms with Gasteiger partial charge in [0.15, 0.2) is 0 Å². The van der Waals surface area contributed by atoms with Crippen LogP contribution in [0.4, 0.5) is 8.78 Å². The Labute approximate surface area is 229 Å². The third-order valence-corrected chi connectivity index (χ3v) is 8.90. The molecule has 0 N–H and O–H groups in total. The van der Waals surface area contributed by atoms with Crippen molar-refractivity contribution >= 4 is 0 Å². The minimum absolute atomic E-state index is 0.000370. The monoisotopic (exact) mass is 520 g/mol. The van der Waals surface area contributed by atoms with Crippen molar-refractivity contribution in [2.45, 2.75) is 102 Å². The zero-order valence-corrected chi connectivity index (χ0v) is 23.4. The summed E-state index contributed by atoms with van der Waals surface area (Å²) in [4.78, 5) is 0. The van der Waals surface area contributed by atoms with Gasteiger partial charge in [0, 0.05) is 0 Å². The summed E-state index contributed by atoms with van der Waals surface area (Å²) in [7, 11) is 0. The van der Waals surface area contributed by atoms with Gasteiger partial charge in [-0.15, -0.1) is 0 Å². The molecule has 0 bridgehead atoms. The highest BCUT2D eigenvalue weighted by molar-refractivity contribution is 5.28. The Bertz CT molecular complexity index is 1000. The third-order valence-electron chi connectivity index (χ3n) is 8.90. The van der Waals surface area contributed by atoms with Crippen molar-refractivity contribution in [3.8, 4) is 0 Å². The van der Waals surface area contributed by atoms with Crippen LogP contribution in [-0.2, 0) is 17.3 Å². The van der Waals surface area contributed by atoms with E-state index in [1.165, 1.54) is 62.5 Å². The maximum atomic E-state index is 14.8. The van der Waals surface area contributed by atoms with Crippen LogP contribution < -0.4 is 0 Å². The normalized spacial score (nSPS) is 24.8. The van der Waals surface area contributed by atoms with Crippen molar-refractivity contribution in [1.82, 2.24) is 0 Å². The van der Waals surface area contributed by atoms with Gasteiger partial charge in [0.25, 0.3) is 0 Å². The fourth-order valence-electron chi connectivity index (χ4n) is 6.49. The van der Waals surface area contributed by atoms with Crippen LogP contribution in [0.5, 0.6) is 0 Å². The zero-order chi connectivity index (χ0) is 26.8. The molecule has 2 aromatic carbocycles. The number of alkyl halides is 2. The van der Waals surface area contributed by atoms with E-state index in [-0.39, 0.29) is 12.2 Å². The Kier molecular flexibility index (Phi) is 10.8. The predicted octanol–water partition coefficient (Wildman–Crippen LogP) is 10.5. The average Bonchev–Trinajstić information content (AvgIpc) is 2.95. The molecule has 0 atom stereocenters. The van der Waals surface area contributed by atoms with Gasteiger partial charge in [0.1, 0.15) is 0 Å². The lowest BCUT2D eigenvalue weighted by atomic mass is 9.77. The summed E-state index contributed by atoms with van der Waals surface area (Å²) in [5, 5.41) is 0. The molecule has 206 valence electrons. The highest BCUT2D eigenvalue weighted by Crippen LogP contribution is 2.39. The van der Waals surface area contributed by atoms with E-state index in [1.807, 2.05) is 12.1 Å². The van der Waals surface area contributed by atoms with Crippen LogP contribution in [0.15, 0.2) is 72.8 Å². The van der Waals surface area contributed by atoms with Crippen molar-refractivity contribution in [1.29, 1.82) is 0 Å². The molecule has 2 aliphatic rings. The molecule has 0 saturated heterocycles. The fraction of sp³-hybridized carbons (Fsp3) is 0.543. The van der Waals surface area contributed by atoms with Crippen LogP contribution in [0.2, 0.25) is 0 Å². The second-order valence-electron chi connectivity index (χ2n) is 11.5. The molecule has 2 fully saturated rings. The third kappa shape index (κ3) is 8.12. The standard InChI is InChI=1S/C35H46F2O/c1-3-5-6-8-28-11-17-30(18-12-28)31-19-13-29(14-20-31)25-26-38-35(36,37)34-23-21-33(22-24-34)32-15-9-27(7-4-2)10-16-32/h3-5,7,13-14,19-24,27-28,30,32H,6,8-12,15-18,25-26H2,1-2H3/b5-3+,7-4+/t27-,28-,30-,32-. The van der Waals surface area contributed by atoms with Crippen LogP contribution in [0.3, 0.4) is 0 Å². The first-order valence-electron chi connectivity index (χ1n) is 14.9. The van der Waals surface area contributed by atoms with Crippen molar-refractivity contribution < 1.29 is 13.5 Å². The second kappa shape index (κ2) is 14.2. The summed E-state index contributed by atoms with van der Waals surface area (Å²) in [6.45, 7) is 4.16. The van der Waals surface area contributed by atoms with Crippen molar-refractivity contribution in [3.63, 3.8) is 0 Å². The van der Waals surface area contributed by atoms with E-state index in [4.69, 9.17) is 4.74 Å². The van der Waals surface area contributed by atoms with Gasteiger partial charge in [-0.1, -0.05) is 72.8 Å². The lowest BCUT2D eigenvalue weighted by molar-refractivity contribution is -0.248. The molecular formula is C35H46F2O. The van der Waals surface area contributed by atoms with Crippen LogP contribution >= 0.6 is 0 Å². The number of rotatable bonds is 11. The molecule has 2 saturated carbocycles. The Morgan fingerprint density at radius 2 is 1.34 bits per heavy atom. The number of hydrogen-bond acceptors (Lipinski definition) is 1. The van der Waals surface area contributed by atoms with Crippen LogP contribution in [0, 0.1) is 11.8 Å². The van der Waals surface area contributed by atoms with Crippen LogP contribution in [-0.4, -0.2) is 6.61 Å². The zero-order valence-electron chi connectivity index (χ0n) is 23.4. The first kappa shape index (κ1) is 28.7. The van der Waals surface area contributed by atoms with E-state index in [0.717, 1.165) is 24.3 Å². The van der Waals surface area contributed by atoms with Crippen LogP contribution in [0.1, 0.15) is 112 Å². The lowest BCUT2D eigenvalue weighted by Crippen LogP contribution is -2.20. The summed E-state index contributed by atoms with van der Waals surface area (Å²) >= 11 is 0. The summed E-state index contributed by atoms with van der Waals surface area (Å²) in [6, 6.07) is 15.4. The Morgan fingerprint density at radius 1 is 0.763 bits per heavy atom. The molecule has 3 heteroatoms. The van der Waals surface area contributed by atoms with Gasteiger partial charge in [0.05, 0.1) is 12.2 Å². The summed E-state index contributed by atoms with van der Waals surface area (Å²) < 4.78 is 34.6. The fourth-order valence-corrected chi connectivity index (χ4v) is 6.49. The number of ether oxygens (including phenoxy) is 1. The Morgan fingerprint density at radius 3 is 1.92 bits per heavy atom. The molecule has 0 aliphatic heterocycles.